The Balaban J connectivity index is 1.03. The number of ether oxygens (including phenoxy) is 12. The third-order valence-electron chi connectivity index (χ3n) is 13.1. The Hall–Kier alpha value is -1.38. The van der Waals surface area contributed by atoms with Gasteiger partial charge in [0.2, 0.25) is 0 Å². The molecule has 7 saturated heterocycles. The highest BCUT2D eigenvalue weighted by atomic mass is 32.3. The summed E-state index contributed by atoms with van der Waals surface area (Å²) in [6, 6.07) is 0. The molecule has 0 radical (unpaired) electrons. The lowest BCUT2D eigenvalue weighted by Crippen LogP contribution is -2.67. The number of rotatable bonds is 19. The fourth-order valence-electron chi connectivity index (χ4n) is 9.15. The zero-order chi connectivity index (χ0) is 54.5. The highest BCUT2D eigenvalue weighted by Gasteiger charge is 2.59. The molecule has 0 unspecified atom stereocenters. The van der Waals surface area contributed by atoms with Crippen LogP contribution in [0.3, 0.4) is 0 Å². The van der Waals surface area contributed by atoms with Gasteiger partial charge in [0.05, 0.1) is 39.6 Å². The van der Waals surface area contributed by atoms with Crippen molar-refractivity contribution in [1.29, 1.82) is 0 Å². The lowest BCUT2D eigenvalue weighted by atomic mass is 9.95. The molecule has 0 aliphatic carbocycles. The Labute approximate surface area is 416 Å². The van der Waals surface area contributed by atoms with Gasteiger partial charge in [-0.15, -0.1) is 0 Å². The van der Waals surface area contributed by atoms with Crippen molar-refractivity contribution >= 4 is 20.8 Å². The smallest absolute Gasteiger partial charge is 0.394 e. The van der Waals surface area contributed by atoms with Crippen molar-refractivity contribution < 1.29 is 173 Å². The largest absolute Gasteiger partial charge is 0.397 e. The average Bonchev–Trinajstić information content (AvgIpc) is 3.65. The second-order valence-corrected chi connectivity index (χ2v) is 20.1. The van der Waals surface area contributed by atoms with Crippen molar-refractivity contribution in [2.45, 2.75) is 184 Å². The van der Waals surface area contributed by atoms with E-state index in [0.29, 0.717) is 0 Å². The Kier molecular flexibility index (Phi) is 20.0. The Morgan fingerprint density at radius 1 is 0.365 bits per heavy atom. The molecule has 2 bridgehead atoms. The molecule has 30 atom stereocenters. The summed E-state index contributed by atoms with van der Waals surface area (Å²) in [5.74, 6) is 0. The monoisotopic (exact) mass is 1130 g/mol. The molecule has 7 aliphatic rings. The van der Waals surface area contributed by atoms with Gasteiger partial charge in [0.1, 0.15) is 146 Å². The van der Waals surface area contributed by atoms with Gasteiger partial charge >= 0.3 is 20.8 Å². The van der Waals surface area contributed by atoms with E-state index in [1.165, 1.54) is 0 Å². The first-order chi connectivity index (χ1) is 34.7. The first-order valence-electron chi connectivity index (χ1n) is 22.4. The minimum Gasteiger partial charge on any atom is -0.394 e. The van der Waals surface area contributed by atoms with Crippen LogP contribution in [0.25, 0.3) is 0 Å². The molecule has 0 aromatic rings. The van der Waals surface area contributed by atoms with Crippen LogP contribution in [0.4, 0.5) is 0 Å². The lowest BCUT2D eigenvalue weighted by Gasteiger charge is -2.49. The summed E-state index contributed by atoms with van der Waals surface area (Å²) in [6.45, 7) is -5.70. The summed E-state index contributed by atoms with van der Waals surface area (Å²) in [4.78, 5) is 0. The fraction of sp³-hybridized carbons (Fsp3) is 1.00. The second-order valence-electron chi connectivity index (χ2n) is 17.9. The normalized spacial score (nSPS) is 50.5. The molecule has 18 N–H and O–H groups in total. The SMILES string of the molecule is O=S(=O)(O)OC[C@@H]1O[C@@H](O[C@H]2[C@@H](O)[C@@H](CO)O[C@@H](O[C@H]3[C@H]4OC[C@@H]3O[C@@H](O[C@H]3[C@@H](O)[C@@H](CO)O[C@@H](O[C@H]5[C@@H](O)[C@H](O)[C@H](O[C@@H]6[C@@H](O)[C@@H](O)O[C@H](CO)[C@@H]6O)O[C@H]5COS(=O)(=O)O)[C@@H]3O)[C@H]4O)[C@@H]2O)[C@@H](O)[C@H](O)[C@@H]1O. The van der Waals surface area contributed by atoms with Gasteiger partial charge < -0.3 is 139 Å². The standard InChI is InChI=1S/C36H60O36S2/c37-1-7-14(41)27(21(48)31(52)62-7)70-33-20(47)18(45)25(12(67-33)6-61-74(56,57)58)68-34-22(49)29(16(43)8(2-38)63-34)72-36-24(51)30-26(11(66-36)4-59-30)69-35-23(50)28(15(42)9(3-39)64-35)71-32-19(46)17(44)13(40)10(65-32)5-60-73(53,54)55/h7-52H,1-6H2,(H,53,54,55)(H,56,57,58)/t7-,8-,9-,10+,11+,12+,13-,14+,15+,16+,17-,18+,19+,20+,21-,22-,23-,24+,25-,26-,27+,28+,29+,30+,31+,32+,33+,34+,35+,36+/m1/s1. The van der Waals surface area contributed by atoms with E-state index in [9.17, 15) is 103 Å². The molecular weight excluding hydrogens is 1070 g/mol. The number of hydrogen-bond donors (Lipinski definition) is 18. The van der Waals surface area contributed by atoms with Crippen molar-refractivity contribution in [1.82, 2.24) is 0 Å². The van der Waals surface area contributed by atoms with Gasteiger partial charge in [-0.3, -0.25) is 9.11 Å². The molecular formula is C36H60O36S2. The van der Waals surface area contributed by atoms with E-state index in [2.05, 4.69) is 8.37 Å². The van der Waals surface area contributed by atoms with Crippen molar-refractivity contribution in [3.8, 4) is 0 Å². The fourth-order valence-corrected chi connectivity index (χ4v) is 9.76. The number of fused-ring (bicyclic) bond motifs is 2. The summed E-state index contributed by atoms with van der Waals surface area (Å²) in [5, 5.41) is 171. The number of aliphatic hydroxyl groups excluding tert-OH is 16. The zero-order valence-corrected chi connectivity index (χ0v) is 39.4. The highest BCUT2D eigenvalue weighted by Crippen LogP contribution is 2.39. The predicted molar refractivity (Wildman–Crippen MR) is 217 cm³/mol. The van der Waals surface area contributed by atoms with Crippen LogP contribution in [0.15, 0.2) is 0 Å². The van der Waals surface area contributed by atoms with Crippen LogP contribution in [0.5, 0.6) is 0 Å². The molecule has 0 saturated carbocycles. The zero-order valence-electron chi connectivity index (χ0n) is 37.8. The van der Waals surface area contributed by atoms with Gasteiger partial charge in [-0.25, -0.2) is 8.37 Å². The van der Waals surface area contributed by atoms with Gasteiger partial charge in [-0.05, 0) is 0 Å². The molecule has 432 valence electrons. The predicted octanol–water partition coefficient (Wildman–Crippen LogP) is -13.4. The van der Waals surface area contributed by atoms with E-state index in [-0.39, 0.29) is 0 Å². The van der Waals surface area contributed by atoms with Crippen LogP contribution in [0.2, 0.25) is 0 Å². The van der Waals surface area contributed by atoms with Crippen LogP contribution >= 0.6 is 0 Å². The molecule has 0 aromatic carbocycles. The van der Waals surface area contributed by atoms with E-state index < -0.39 is 245 Å². The molecule has 38 heteroatoms. The minimum atomic E-state index is -5.30. The Morgan fingerprint density at radius 2 is 0.743 bits per heavy atom. The summed E-state index contributed by atoms with van der Waals surface area (Å²) in [5.41, 5.74) is 0. The van der Waals surface area contributed by atoms with Gasteiger partial charge in [0.15, 0.2) is 37.7 Å². The van der Waals surface area contributed by atoms with Gasteiger partial charge in [0, 0.05) is 0 Å². The molecule has 0 spiro atoms. The topological polar surface area (TPSA) is 562 Å². The molecule has 7 rings (SSSR count). The summed E-state index contributed by atoms with van der Waals surface area (Å²) in [7, 11) is -10.4. The van der Waals surface area contributed by atoms with E-state index in [1.807, 2.05) is 0 Å². The van der Waals surface area contributed by atoms with Crippen molar-refractivity contribution in [3.63, 3.8) is 0 Å². The average molecular weight is 1130 g/mol. The van der Waals surface area contributed by atoms with E-state index in [1.54, 1.807) is 0 Å². The highest BCUT2D eigenvalue weighted by molar-refractivity contribution is 7.81. The Morgan fingerprint density at radius 3 is 1.23 bits per heavy atom. The van der Waals surface area contributed by atoms with Crippen LogP contribution in [0, 0.1) is 0 Å². The van der Waals surface area contributed by atoms with Crippen LogP contribution < -0.4 is 0 Å². The quantitative estimate of drug-likeness (QED) is 0.0534. The first-order valence-corrected chi connectivity index (χ1v) is 25.1. The van der Waals surface area contributed by atoms with Crippen molar-refractivity contribution in [2.75, 3.05) is 39.6 Å². The van der Waals surface area contributed by atoms with E-state index >= 15 is 0 Å². The maximum Gasteiger partial charge on any atom is 0.397 e. The molecule has 7 heterocycles. The number of hydrogen-bond acceptors (Lipinski definition) is 34. The van der Waals surface area contributed by atoms with Crippen LogP contribution in [-0.2, 0) is 86.0 Å². The van der Waals surface area contributed by atoms with Gasteiger partial charge in [-0.2, -0.15) is 16.8 Å². The van der Waals surface area contributed by atoms with Crippen LogP contribution in [-0.4, -0.2) is 332 Å². The molecule has 36 nitrogen and oxygen atoms in total. The molecule has 7 aliphatic heterocycles. The Bertz CT molecular complexity index is 2030. The van der Waals surface area contributed by atoms with Crippen LogP contribution in [0.1, 0.15) is 0 Å². The summed E-state index contributed by atoms with van der Waals surface area (Å²) in [6.07, 6.45) is -58.3. The lowest BCUT2D eigenvalue weighted by molar-refractivity contribution is -0.389. The minimum absolute atomic E-state index is 0.394. The molecule has 0 amide bonds. The molecule has 74 heavy (non-hydrogen) atoms. The maximum atomic E-state index is 11.6. The third-order valence-corrected chi connectivity index (χ3v) is 13.9. The maximum absolute atomic E-state index is 11.6. The second kappa shape index (κ2) is 24.5. The number of aliphatic hydroxyl groups is 16. The molecule has 7 fully saturated rings. The van der Waals surface area contributed by atoms with Gasteiger partial charge in [-0.1, -0.05) is 0 Å². The molecule has 0 aromatic heterocycles. The van der Waals surface area contributed by atoms with E-state index in [4.69, 9.17) is 61.4 Å². The summed E-state index contributed by atoms with van der Waals surface area (Å²) >= 11 is 0. The van der Waals surface area contributed by atoms with Crippen molar-refractivity contribution in [3.05, 3.63) is 0 Å². The van der Waals surface area contributed by atoms with Gasteiger partial charge in [0.25, 0.3) is 0 Å². The first kappa shape index (κ1) is 60.3. The summed E-state index contributed by atoms with van der Waals surface area (Å²) < 4.78 is 139. The van der Waals surface area contributed by atoms with E-state index in [0.717, 1.165) is 0 Å². The third kappa shape index (κ3) is 13.1. The van der Waals surface area contributed by atoms with Crippen molar-refractivity contribution in [2.24, 2.45) is 0 Å².